The zero-order valence-electron chi connectivity index (χ0n) is 14.7. The molecule has 1 aliphatic carbocycles. The minimum absolute atomic E-state index is 0. The van der Waals surface area contributed by atoms with E-state index in [1.807, 2.05) is 11.8 Å². The van der Waals surface area contributed by atoms with Crippen molar-refractivity contribution in [3.63, 3.8) is 0 Å². The van der Waals surface area contributed by atoms with Gasteiger partial charge in [0.15, 0.2) is 0 Å². The third kappa shape index (κ3) is 6.33. The first-order valence-corrected chi connectivity index (χ1v) is 9.73. The van der Waals surface area contributed by atoms with E-state index in [2.05, 4.69) is 35.3 Å². The summed E-state index contributed by atoms with van der Waals surface area (Å²) in [6.45, 7) is 5.42. The monoisotopic (exact) mass is 405 g/mol. The van der Waals surface area contributed by atoms with Crippen molar-refractivity contribution in [1.29, 1.82) is 0 Å². The summed E-state index contributed by atoms with van der Waals surface area (Å²) in [5.74, 6) is 2.67. The molecule has 2 fully saturated rings. The van der Waals surface area contributed by atoms with Gasteiger partial charge in [-0.3, -0.25) is 9.69 Å². The molecule has 7 heteroatoms. The van der Waals surface area contributed by atoms with Crippen LogP contribution in [0.4, 0.5) is 5.69 Å². The lowest BCUT2D eigenvalue weighted by Gasteiger charge is -2.26. The number of nitrogens with two attached hydrogens (primary N) is 1. The number of halogens is 2. The van der Waals surface area contributed by atoms with Gasteiger partial charge < -0.3 is 11.1 Å². The number of anilines is 1. The van der Waals surface area contributed by atoms with Crippen LogP contribution in [0.5, 0.6) is 0 Å². The molecule has 3 rings (SSSR count). The number of hydrogen-bond acceptors (Lipinski definition) is 4. The lowest BCUT2D eigenvalue weighted by Crippen LogP contribution is -2.32. The summed E-state index contributed by atoms with van der Waals surface area (Å²) in [6.07, 6.45) is 2.69. The molecule has 2 aliphatic rings. The molecule has 2 unspecified atom stereocenters. The first-order chi connectivity index (χ1) is 11.1. The Morgan fingerprint density at radius 1 is 1.28 bits per heavy atom. The summed E-state index contributed by atoms with van der Waals surface area (Å²) >= 11 is 2.04. The fourth-order valence-corrected chi connectivity index (χ4v) is 4.45. The Labute approximate surface area is 167 Å². The number of aryl methyl sites for hydroxylation is 1. The number of nitrogens with one attached hydrogen (secondary N) is 1. The van der Waals surface area contributed by atoms with Crippen molar-refractivity contribution in [3.8, 4) is 0 Å². The van der Waals surface area contributed by atoms with Gasteiger partial charge in [0.05, 0.1) is 0 Å². The molecule has 0 spiro atoms. The zero-order valence-corrected chi connectivity index (χ0v) is 17.2. The molecule has 1 amide bonds. The SMILES string of the molecule is Cc1cc(CN2CCSCC2)ccc1NC(=O)C1CCC(N)C1.Cl.Cl. The number of rotatable bonds is 4. The lowest BCUT2D eigenvalue weighted by molar-refractivity contribution is -0.119. The summed E-state index contributed by atoms with van der Waals surface area (Å²) in [7, 11) is 0. The fourth-order valence-electron chi connectivity index (χ4n) is 3.47. The first-order valence-electron chi connectivity index (χ1n) is 8.58. The summed E-state index contributed by atoms with van der Waals surface area (Å²) in [5.41, 5.74) is 9.32. The van der Waals surface area contributed by atoms with Crippen LogP contribution in [0, 0.1) is 12.8 Å². The van der Waals surface area contributed by atoms with Gasteiger partial charge in [-0.25, -0.2) is 0 Å². The average Bonchev–Trinajstić information content (AvgIpc) is 2.98. The Bertz CT molecular complexity index is 567. The van der Waals surface area contributed by atoms with Gasteiger partial charge in [0.2, 0.25) is 5.91 Å². The predicted octanol–water partition coefficient (Wildman–Crippen LogP) is 3.45. The van der Waals surface area contributed by atoms with Crippen molar-refractivity contribution in [1.82, 2.24) is 4.90 Å². The summed E-state index contributed by atoms with van der Waals surface area (Å²) in [4.78, 5) is 14.8. The van der Waals surface area contributed by atoms with Crippen molar-refractivity contribution in [2.24, 2.45) is 11.7 Å². The van der Waals surface area contributed by atoms with Crippen molar-refractivity contribution < 1.29 is 4.79 Å². The molecule has 1 aliphatic heterocycles. The number of amides is 1. The Balaban J connectivity index is 0.00000156. The van der Waals surface area contributed by atoms with Crippen LogP contribution in [0.2, 0.25) is 0 Å². The molecular formula is C18H29Cl2N3OS. The first kappa shape index (κ1) is 22.6. The summed E-state index contributed by atoms with van der Waals surface area (Å²) in [6, 6.07) is 6.59. The number of nitrogens with zero attached hydrogens (tertiary/aromatic N) is 1. The molecule has 1 saturated heterocycles. The molecule has 1 aromatic carbocycles. The maximum atomic E-state index is 12.3. The lowest BCUT2D eigenvalue weighted by atomic mass is 10.1. The second-order valence-electron chi connectivity index (χ2n) is 6.80. The maximum absolute atomic E-state index is 12.3. The van der Waals surface area contributed by atoms with E-state index >= 15 is 0 Å². The summed E-state index contributed by atoms with van der Waals surface area (Å²) < 4.78 is 0. The van der Waals surface area contributed by atoms with Crippen molar-refractivity contribution in [2.75, 3.05) is 29.9 Å². The van der Waals surface area contributed by atoms with Crippen LogP contribution in [0.1, 0.15) is 30.4 Å². The van der Waals surface area contributed by atoms with E-state index in [-0.39, 0.29) is 42.7 Å². The van der Waals surface area contributed by atoms with Crippen molar-refractivity contribution in [3.05, 3.63) is 29.3 Å². The van der Waals surface area contributed by atoms with Crippen LogP contribution < -0.4 is 11.1 Å². The highest BCUT2D eigenvalue weighted by Gasteiger charge is 2.27. The van der Waals surface area contributed by atoms with Gasteiger partial charge in [0, 0.05) is 48.8 Å². The summed E-state index contributed by atoms with van der Waals surface area (Å²) in [5, 5.41) is 3.09. The molecule has 1 saturated carbocycles. The number of carbonyl (C=O) groups excluding carboxylic acids is 1. The van der Waals surface area contributed by atoms with Crippen molar-refractivity contribution in [2.45, 2.75) is 38.8 Å². The van der Waals surface area contributed by atoms with E-state index in [0.29, 0.717) is 0 Å². The number of hydrogen-bond donors (Lipinski definition) is 2. The molecule has 0 bridgehead atoms. The third-order valence-corrected chi connectivity index (χ3v) is 5.85. The van der Waals surface area contributed by atoms with Crippen LogP contribution in [0.3, 0.4) is 0 Å². The number of thioether (sulfide) groups is 1. The van der Waals surface area contributed by atoms with Gasteiger partial charge in [-0.15, -0.1) is 24.8 Å². The van der Waals surface area contributed by atoms with Gasteiger partial charge in [0.1, 0.15) is 0 Å². The maximum Gasteiger partial charge on any atom is 0.227 e. The van der Waals surface area contributed by atoms with Gasteiger partial charge in [0.25, 0.3) is 0 Å². The smallest absolute Gasteiger partial charge is 0.227 e. The Kier molecular flexibility index (Phi) is 9.60. The molecular weight excluding hydrogens is 377 g/mol. The highest BCUT2D eigenvalue weighted by molar-refractivity contribution is 7.99. The largest absolute Gasteiger partial charge is 0.328 e. The van der Waals surface area contributed by atoms with Crippen LogP contribution in [0.25, 0.3) is 0 Å². The van der Waals surface area contributed by atoms with E-state index in [1.54, 1.807) is 0 Å². The molecule has 4 nitrogen and oxygen atoms in total. The molecule has 2 atom stereocenters. The molecule has 3 N–H and O–H groups in total. The van der Waals surface area contributed by atoms with Crippen LogP contribution >= 0.6 is 36.6 Å². The zero-order chi connectivity index (χ0) is 16.2. The molecule has 0 aromatic heterocycles. The Hall–Kier alpha value is -0.460. The minimum Gasteiger partial charge on any atom is -0.328 e. The van der Waals surface area contributed by atoms with Crippen LogP contribution in [-0.4, -0.2) is 41.4 Å². The number of benzene rings is 1. The number of carbonyl (C=O) groups is 1. The second kappa shape index (κ2) is 10.6. The molecule has 1 heterocycles. The van der Waals surface area contributed by atoms with Gasteiger partial charge >= 0.3 is 0 Å². The normalized spacial score (nSPS) is 23.4. The highest BCUT2D eigenvalue weighted by atomic mass is 35.5. The highest BCUT2D eigenvalue weighted by Crippen LogP contribution is 2.26. The molecule has 1 aromatic rings. The van der Waals surface area contributed by atoms with E-state index in [0.717, 1.165) is 37.1 Å². The third-order valence-electron chi connectivity index (χ3n) is 4.90. The van der Waals surface area contributed by atoms with Crippen LogP contribution in [-0.2, 0) is 11.3 Å². The van der Waals surface area contributed by atoms with Gasteiger partial charge in [-0.2, -0.15) is 11.8 Å². The minimum atomic E-state index is 0. The molecule has 142 valence electrons. The molecule has 25 heavy (non-hydrogen) atoms. The van der Waals surface area contributed by atoms with Crippen LogP contribution in [0.15, 0.2) is 18.2 Å². The second-order valence-corrected chi connectivity index (χ2v) is 8.02. The standard InChI is InChI=1S/C18H27N3OS.2ClH/c1-13-10-14(12-21-6-8-23-9-7-21)2-5-17(13)20-18(22)15-3-4-16(19)11-15;;/h2,5,10,15-16H,3-4,6-9,11-12,19H2,1H3,(H,20,22);2*1H. The quantitative estimate of drug-likeness (QED) is 0.804. The fraction of sp³-hybridized carbons (Fsp3) is 0.611. The van der Waals surface area contributed by atoms with E-state index in [4.69, 9.17) is 5.73 Å². The molecule has 0 radical (unpaired) electrons. The average molecular weight is 406 g/mol. The van der Waals surface area contributed by atoms with E-state index in [1.165, 1.54) is 30.2 Å². The Morgan fingerprint density at radius 3 is 2.60 bits per heavy atom. The van der Waals surface area contributed by atoms with Gasteiger partial charge in [-0.05, 0) is 43.4 Å². The van der Waals surface area contributed by atoms with Crippen molar-refractivity contribution >= 4 is 48.2 Å². The topological polar surface area (TPSA) is 58.4 Å². The predicted molar refractivity (Wildman–Crippen MR) is 112 cm³/mol. The van der Waals surface area contributed by atoms with E-state index < -0.39 is 0 Å². The Morgan fingerprint density at radius 2 is 2.00 bits per heavy atom. The van der Waals surface area contributed by atoms with E-state index in [9.17, 15) is 4.79 Å². The van der Waals surface area contributed by atoms with Gasteiger partial charge in [-0.1, -0.05) is 12.1 Å².